The number of halogens is 2. The number of rotatable bonds is 3. The van der Waals surface area contributed by atoms with E-state index < -0.39 is 0 Å². The lowest BCUT2D eigenvalue weighted by Crippen LogP contribution is -2.12. The fourth-order valence-electron chi connectivity index (χ4n) is 1.88. The number of hydrogen-bond donors (Lipinski definition) is 1. The van der Waals surface area contributed by atoms with E-state index in [4.69, 9.17) is 5.73 Å². The maximum Gasteiger partial charge on any atom is 0.147 e. The Morgan fingerprint density at radius 2 is 1.68 bits per heavy atom. The van der Waals surface area contributed by atoms with Crippen molar-refractivity contribution in [2.75, 3.05) is 11.9 Å². The third-order valence-corrected chi connectivity index (χ3v) is 3.07. The van der Waals surface area contributed by atoms with Crippen LogP contribution in [0.3, 0.4) is 0 Å². The fourth-order valence-corrected chi connectivity index (χ4v) is 1.88. The van der Waals surface area contributed by atoms with Gasteiger partial charge in [0.05, 0.1) is 5.69 Å². The Balaban J connectivity index is 2.33. The molecule has 0 radical (unpaired) electrons. The van der Waals surface area contributed by atoms with Crippen LogP contribution in [0, 0.1) is 11.6 Å². The normalized spacial score (nSPS) is 12.3. The monoisotopic (exact) mass is 262 g/mol. The van der Waals surface area contributed by atoms with Crippen molar-refractivity contribution in [1.29, 1.82) is 0 Å². The van der Waals surface area contributed by atoms with Crippen LogP contribution in [0.5, 0.6) is 0 Å². The van der Waals surface area contributed by atoms with Gasteiger partial charge in [0.15, 0.2) is 0 Å². The molecule has 100 valence electrons. The Hall–Kier alpha value is -1.94. The van der Waals surface area contributed by atoms with Crippen LogP contribution in [0.15, 0.2) is 42.5 Å². The molecule has 0 fully saturated rings. The number of anilines is 2. The highest BCUT2D eigenvalue weighted by Crippen LogP contribution is 2.28. The summed E-state index contributed by atoms with van der Waals surface area (Å²) in [6.45, 7) is 1.80. The highest BCUT2D eigenvalue weighted by Gasteiger charge is 2.11. The van der Waals surface area contributed by atoms with Gasteiger partial charge >= 0.3 is 0 Å². The van der Waals surface area contributed by atoms with Gasteiger partial charge in [0, 0.05) is 18.8 Å². The molecule has 0 aromatic heterocycles. The molecule has 0 heterocycles. The summed E-state index contributed by atoms with van der Waals surface area (Å²) in [7, 11) is 1.73. The minimum atomic E-state index is -0.346. The highest BCUT2D eigenvalue weighted by molar-refractivity contribution is 5.63. The first-order valence-corrected chi connectivity index (χ1v) is 6.03. The van der Waals surface area contributed by atoms with Crippen LogP contribution < -0.4 is 10.6 Å². The zero-order chi connectivity index (χ0) is 14.0. The summed E-state index contributed by atoms with van der Waals surface area (Å²) in [6.07, 6.45) is 0. The van der Waals surface area contributed by atoms with Crippen LogP contribution in [0.25, 0.3) is 0 Å². The van der Waals surface area contributed by atoms with Crippen LogP contribution in [-0.4, -0.2) is 7.05 Å². The van der Waals surface area contributed by atoms with Crippen LogP contribution in [0.4, 0.5) is 20.2 Å². The summed E-state index contributed by atoms with van der Waals surface area (Å²) < 4.78 is 26.9. The molecule has 2 nitrogen and oxygen atoms in total. The summed E-state index contributed by atoms with van der Waals surface area (Å²) in [6, 6.07) is 10.6. The molecule has 0 bridgehead atoms. The average molecular weight is 262 g/mol. The molecule has 0 aliphatic carbocycles. The predicted molar refractivity (Wildman–Crippen MR) is 73.5 cm³/mol. The minimum absolute atomic E-state index is 0.209. The molecule has 1 atom stereocenters. The molecule has 0 saturated carbocycles. The maximum atomic E-state index is 14.1. The lowest BCUT2D eigenvalue weighted by Gasteiger charge is -2.21. The van der Waals surface area contributed by atoms with Crippen LogP contribution in [0.2, 0.25) is 0 Å². The van der Waals surface area contributed by atoms with Crippen molar-refractivity contribution in [3.05, 3.63) is 59.7 Å². The van der Waals surface area contributed by atoms with Gasteiger partial charge in [-0.2, -0.15) is 0 Å². The van der Waals surface area contributed by atoms with Crippen molar-refractivity contribution in [2.45, 2.75) is 13.0 Å². The molecule has 0 unspecified atom stereocenters. The fraction of sp³-hybridized carbons (Fsp3) is 0.200. The van der Waals surface area contributed by atoms with Gasteiger partial charge in [-0.25, -0.2) is 8.78 Å². The largest absolute Gasteiger partial charge is 0.342 e. The third-order valence-electron chi connectivity index (χ3n) is 3.07. The number of nitrogens with zero attached hydrogens (tertiary/aromatic N) is 1. The quantitative estimate of drug-likeness (QED) is 0.912. The molecule has 2 aromatic carbocycles. The summed E-state index contributed by atoms with van der Waals surface area (Å²) in [5, 5.41) is 0. The molecular formula is C15H16F2N2. The molecule has 0 aliphatic heterocycles. The van der Waals surface area contributed by atoms with E-state index in [1.807, 2.05) is 0 Å². The van der Waals surface area contributed by atoms with Gasteiger partial charge < -0.3 is 10.6 Å². The van der Waals surface area contributed by atoms with Crippen LogP contribution in [-0.2, 0) is 0 Å². The van der Waals surface area contributed by atoms with Crippen molar-refractivity contribution in [1.82, 2.24) is 0 Å². The van der Waals surface area contributed by atoms with Crippen LogP contribution in [0.1, 0.15) is 18.5 Å². The minimum Gasteiger partial charge on any atom is -0.342 e. The van der Waals surface area contributed by atoms with Crippen molar-refractivity contribution in [2.24, 2.45) is 5.73 Å². The Labute approximate surface area is 111 Å². The van der Waals surface area contributed by atoms with Crippen molar-refractivity contribution >= 4 is 11.4 Å². The summed E-state index contributed by atoms with van der Waals surface area (Å²) in [5.74, 6) is -0.661. The second-order valence-electron chi connectivity index (χ2n) is 4.53. The van der Waals surface area contributed by atoms with Gasteiger partial charge in [-0.1, -0.05) is 6.07 Å². The van der Waals surface area contributed by atoms with E-state index in [1.165, 1.54) is 18.2 Å². The molecule has 2 aromatic rings. The molecular weight excluding hydrogens is 246 g/mol. The lowest BCUT2D eigenvalue weighted by molar-refractivity contribution is 0.621. The van der Waals surface area contributed by atoms with E-state index in [0.29, 0.717) is 11.4 Å². The Bertz CT molecular complexity index is 565. The number of benzene rings is 2. The average Bonchev–Trinajstić information content (AvgIpc) is 2.38. The topological polar surface area (TPSA) is 29.3 Å². The first kappa shape index (κ1) is 13.5. The zero-order valence-corrected chi connectivity index (χ0v) is 10.9. The van der Waals surface area contributed by atoms with Crippen LogP contribution >= 0.6 is 0 Å². The Morgan fingerprint density at radius 1 is 1.05 bits per heavy atom. The third kappa shape index (κ3) is 2.90. The van der Waals surface area contributed by atoms with Gasteiger partial charge in [-0.15, -0.1) is 0 Å². The van der Waals surface area contributed by atoms with E-state index in [2.05, 4.69) is 0 Å². The second-order valence-corrected chi connectivity index (χ2v) is 4.53. The first-order chi connectivity index (χ1) is 8.99. The van der Waals surface area contributed by atoms with Crippen molar-refractivity contribution in [3.8, 4) is 0 Å². The zero-order valence-electron chi connectivity index (χ0n) is 10.9. The molecule has 0 spiro atoms. The van der Waals surface area contributed by atoms with Crippen molar-refractivity contribution in [3.63, 3.8) is 0 Å². The molecule has 2 N–H and O–H groups in total. The summed E-state index contributed by atoms with van der Waals surface area (Å²) in [4.78, 5) is 1.67. The SMILES string of the molecule is C[C@@H](N)c1ccc(N(C)c2ccc(F)cc2)c(F)c1. The number of hydrogen-bond acceptors (Lipinski definition) is 2. The van der Waals surface area contributed by atoms with E-state index in [9.17, 15) is 8.78 Å². The summed E-state index contributed by atoms with van der Waals surface area (Å²) in [5.41, 5.74) is 7.60. The van der Waals surface area contributed by atoms with Gasteiger partial charge in [-0.05, 0) is 48.9 Å². The second kappa shape index (κ2) is 5.36. The molecule has 0 aliphatic rings. The smallest absolute Gasteiger partial charge is 0.147 e. The molecule has 0 amide bonds. The maximum absolute atomic E-state index is 14.1. The highest BCUT2D eigenvalue weighted by atomic mass is 19.1. The molecule has 4 heteroatoms. The van der Waals surface area contributed by atoms with E-state index in [-0.39, 0.29) is 17.7 Å². The van der Waals surface area contributed by atoms with Gasteiger partial charge in [-0.3, -0.25) is 0 Å². The Morgan fingerprint density at radius 3 is 2.21 bits per heavy atom. The van der Waals surface area contributed by atoms with E-state index in [1.54, 1.807) is 43.1 Å². The number of nitrogens with two attached hydrogens (primary N) is 1. The predicted octanol–water partition coefficient (Wildman–Crippen LogP) is 3.75. The van der Waals surface area contributed by atoms with Gasteiger partial charge in [0.25, 0.3) is 0 Å². The molecule has 19 heavy (non-hydrogen) atoms. The standard InChI is InChI=1S/C15H16F2N2/c1-10(18)11-3-8-15(14(17)9-11)19(2)13-6-4-12(16)5-7-13/h3-10H,18H2,1-2H3/t10-/m1/s1. The van der Waals surface area contributed by atoms with Gasteiger partial charge in [0.2, 0.25) is 0 Å². The van der Waals surface area contributed by atoms with E-state index >= 15 is 0 Å². The first-order valence-electron chi connectivity index (χ1n) is 6.03. The Kier molecular flexibility index (Phi) is 3.81. The van der Waals surface area contributed by atoms with E-state index in [0.717, 1.165) is 5.56 Å². The van der Waals surface area contributed by atoms with Crippen molar-refractivity contribution < 1.29 is 8.78 Å². The molecule has 0 saturated heterocycles. The molecule has 2 rings (SSSR count). The van der Waals surface area contributed by atoms with Gasteiger partial charge in [0.1, 0.15) is 11.6 Å². The lowest BCUT2D eigenvalue weighted by atomic mass is 10.1. The summed E-state index contributed by atoms with van der Waals surface area (Å²) >= 11 is 0.